The lowest BCUT2D eigenvalue weighted by Crippen LogP contribution is -2.35. The van der Waals surface area contributed by atoms with Crippen molar-refractivity contribution in [2.45, 2.75) is 54.4 Å². The molecule has 1 heterocycles. The predicted octanol–water partition coefficient (Wildman–Crippen LogP) is 4.20. The van der Waals surface area contributed by atoms with E-state index in [0.717, 1.165) is 31.6 Å². The van der Waals surface area contributed by atoms with Gasteiger partial charge < -0.3 is 5.32 Å². The third-order valence-corrected chi connectivity index (χ3v) is 5.03. The number of aromatic nitrogens is 2. The van der Waals surface area contributed by atoms with E-state index in [0.29, 0.717) is 11.8 Å². The molecule has 3 nitrogen and oxygen atoms in total. The van der Waals surface area contributed by atoms with Gasteiger partial charge in [0.25, 0.3) is 0 Å². The number of halogens is 1. The Hall–Kier alpha value is -0.350. The maximum absolute atomic E-state index is 4.62. The Bertz CT molecular complexity index is 444. The van der Waals surface area contributed by atoms with Gasteiger partial charge in [0.15, 0.2) is 0 Å². The van der Waals surface area contributed by atoms with E-state index in [2.05, 4.69) is 74.9 Å². The highest BCUT2D eigenvalue weighted by atomic mass is 79.9. The Kier molecular flexibility index (Phi) is 6.92. The molecule has 1 atom stereocenters. The average molecular weight is 358 g/mol. The van der Waals surface area contributed by atoms with E-state index in [4.69, 9.17) is 0 Å². The first kappa shape index (κ1) is 18.7. The van der Waals surface area contributed by atoms with Crippen LogP contribution in [0.2, 0.25) is 0 Å². The van der Waals surface area contributed by atoms with Crippen molar-refractivity contribution in [2.24, 2.45) is 24.3 Å². The van der Waals surface area contributed by atoms with Crippen molar-refractivity contribution in [3.63, 3.8) is 0 Å². The standard InChI is InChI=1S/C17H32BrN3/c1-8-14-16(18)15(21(7)20-14)9-13(17(4,5)6)11-19-10-12(2)3/h12-13,19H,8-11H2,1-7H3. The summed E-state index contributed by atoms with van der Waals surface area (Å²) in [6.45, 7) is 15.8. The van der Waals surface area contributed by atoms with Gasteiger partial charge in [-0.2, -0.15) is 5.10 Å². The van der Waals surface area contributed by atoms with E-state index < -0.39 is 0 Å². The maximum atomic E-state index is 4.62. The second-order valence-corrected chi connectivity index (χ2v) is 8.30. The van der Waals surface area contributed by atoms with E-state index in [9.17, 15) is 0 Å². The van der Waals surface area contributed by atoms with Gasteiger partial charge in [0.1, 0.15) is 0 Å². The molecule has 4 heteroatoms. The number of hydrogen-bond donors (Lipinski definition) is 1. The largest absolute Gasteiger partial charge is 0.316 e. The molecule has 1 aromatic rings. The van der Waals surface area contributed by atoms with Gasteiger partial charge in [0, 0.05) is 7.05 Å². The molecule has 0 radical (unpaired) electrons. The lowest BCUT2D eigenvalue weighted by Gasteiger charge is -2.31. The molecule has 0 fully saturated rings. The quantitative estimate of drug-likeness (QED) is 0.792. The molecule has 0 saturated heterocycles. The molecule has 0 aliphatic heterocycles. The molecule has 0 aromatic carbocycles. The van der Waals surface area contributed by atoms with Gasteiger partial charge in [-0.3, -0.25) is 4.68 Å². The zero-order valence-electron chi connectivity index (χ0n) is 14.8. The Balaban J connectivity index is 2.84. The van der Waals surface area contributed by atoms with Crippen LogP contribution in [0.1, 0.15) is 52.9 Å². The second kappa shape index (κ2) is 7.77. The SMILES string of the molecule is CCc1nn(C)c(CC(CNCC(C)C)C(C)(C)C)c1Br. The van der Waals surface area contributed by atoms with Crippen LogP contribution >= 0.6 is 15.9 Å². The van der Waals surface area contributed by atoms with E-state index in [1.807, 2.05) is 4.68 Å². The summed E-state index contributed by atoms with van der Waals surface area (Å²) in [5.41, 5.74) is 2.76. The van der Waals surface area contributed by atoms with E-state index in [1.165, 1.54) is 10.2 Å². The van der Waals surface area contributed by atoms with Crippen LogP contribution in [0.4, 0.5) is 0 Å². The highest BCUT2D eigenvalue weighted by molar-refractivity contribution is 9.10. The minimum absolute atomic E-state index is 0.278. The van der Waals surface area contributed by atoms with Gasteiger partial charge in [0.05, 0.1) is 15.9 Å². The summed E-state index contributed by atoms with van der Waals surface area (Å²) in [4.78, 5) is 0. The van der Waals surface area contributed by atoms with Gasteiger partial charge in [-0.25, -0.2) is 0 Å². The van der Waals surface area contributed by atoms with Crippen LogP contribution in [0.25, 0.3) is 0 Å². The number of nitrogens with zero attached hydrogens (tertiary/aromatic N) is 2. The van der Waals surface area contributed by atoms with Crippen LogP contribution < -0.4 is 5.32 Å². The first-order chi connectivity index (χ1) is 9.66. The molecule has 0 spiro atoms. The van der Waals surface area contributed by atoms with Crippen molar-refractivity contribution in [3.05, 3.63) is 15.9 Å². The normalized spacial score (nSPS) is 14.0. The molecule has 1 unspecified atom stereocenters. The van der Waals surface area contributed by atoms with Crippen LogP contribution in [-0.2, 0) is 19.9 Å². The lowest BCUT2D eigenvalue weighted by atomic mass is 9.78. The third-order valence-electron chi connectivity index (χ3n) is 4.11. The van der Waals surface area contributed by atoms with Crippen LogP contribution in [-0.4, -0.2) is 22.9 Å². The monoisotopic (exact) mass is 357 g/mol. The fourth-order valence-corrected chi connectivity index (χ4v) is 3.28. The van der Waals surface area contributed by atoms with Crippen LogP contribution in [0, 0.1) is 17.3 Å². The fraction of sp³-hybridized carbons (Fsp3) is 0.824. The van der Waals surface area contributed by atoms with Crippen molar-refractivity contribution in [3.8, 4) is 0 Å². The molecule has 0 aliphatic carbocycles. The Morgan fingerprint density at radius 3 is 2.29 bits per heavy atom. The summed E-state index contributed by atoms with van der Waals surface area (Å²) in [5, 5.41) is 8.25. The molecule has 0 bridgehead atoms. The molecule has 21 heavy (non-hydrogen) atoms. The Morgan fingerprint density at radius 1 is 1.24 bits per heavy atom. The maximum Gasteiger partial charge on any atom is 0.0766 e. The second-order valence-electron chi connectivity index (χ2n) is 7.50. The summed E-state index contributed by atoms with van der Waals surface area (Å²) >= 11 is 3.75. The molecular weight excluding hydrogens is 326 g/mol. The smallest absolute Gasteiger partial charge is 0.0766 e. The highest BCUT2D eigenvalue weighted by Crippen LogP contribution is 2.32. The fourth-order valence-electron chi connectivity index (χ4n) is 2.51. The number of nitrogens with one attached hydrogen (secondary N) is 1. The van der Waals surface area contributed by atoms with Gasteiger partial charge in [-0.1, -0.05) is 41.5 Å². The van der Waals surface area contributed by atoms with Gasteiger partial charge in [-0.05, 0) is 59.1 Å². The minimum Gasteiger partial charge on any atom is -0.316 e. The van der Waals surface area contributed by atoms with E-state index in [-0.39, 0.29) is 5.41 Å². The van der Waals surface area contributed by atoms with Crippen molar-refractivity contribution >= 4 is 15.9 Å². The number of rotatable bonds is 7. The lowest BCUT2D eigenvalue weighted by molar-refractivity contribution is 0.225. The van der Waals surface area contributed by atoms with Crippen LogP contribution in [0.3, 0.4) is 0 Å². The molecule has 1 rings (SSSR count). The van der Waals surface area contributed by atoms with E-state index in [1.54, 1.807) is 0 Å². The van der Waals surface area contributed by atoms with Gasteiger partial charge >= 0.3 is 0 Å². The van der Waals surface area contributed by atoms with Crippen LogP contribution in [0.5, 0.6) is 0 Å². The average Bonchev–Trinajstić information content (AvgIpc) is 2.62. The molecule has 1 aromatic heterocycles. The van der Waals surface area contributed by atoms with Crippen molar-refractivity contribution in [1.82, 2.24) is 15.1 Å². The summed E-state index contributed by atoms with van der Waals surface area (Å²) in [6, 6.07) is 0. The summed E-state index contributed by atoms with van der Waals surface area (Å²) in [6.07, 6.45) is 2.03. The summed E-state index contributed by atoms with van der Waals surface area (Å²) in [7, 11) is 2.06. The topological polar surface area (TPSA) is 29.9 Å². The first-order valence-corrected chi connectivity index (χ1v) is 8.87. The van der Waals surface area contributed by atoms with Gasteiger partial charge in [-0.15, -0.1) is 0 Å². The van der Waals surface area contributed by atoms with Crippen molar-refractivity contribution < 1.29 is 0 Å². The zero-order chi connectivity index (χ0) is 16.2. The van der Waals surface area contributed by atoms with Crippen molar-refractivity contribution in [2.75, 3.05) is 13.1 Å². The first-order valence-electron chi connectivity index (χ1n) is 8.07. The third kappa shape index (κ3) is 5.41. The van der Waals surface area contributed by atoms with Crippen LogP contribution in [0.15, 0.2) is 4.47 Å². The Morgan fingerprint density at radius 2 is 1.86 bits per heavy atom. The molecule has 0 saturated carbocycles. The molecule has 122 valence electrons. The minimum atomic E-state index is 0.278. The van der Waals surface area contributed by atoms with Gasteiger partial charge in [0.2, 0.25) is 0 Å². The zero-order valence-corrected chi connectivity index (χ0v) is 16.3. The summed E-state index contributed by atoms with van der Waals surface area (Å²) < 4.78 is 3.25. The Labute approximate surface area is 139 Å². The summed E-state index contributed by atoms with van der Waals surface area (Å²) in [5.74, 6) is 1.29. The molecular formula is C17H32BrN3. The van der Waals surface area contributed by atoms with Crippen molar-refractivity contribution in [1.29, 1.82) is 0 Å². The molecule has 0 aliphatic rings. The molecule has 1 N–H and O–H groups in total. The highest BCUT2D eigenvalue weighted by Gasteiger charge is 2.27. The predicted molar refractivity (Wildman–Crippen MR) is 94.6 cm³/mol. The number of aryl methyl sites for hydroxylation is 2. The molecule has 0 amide bonds. The van der Waals surface area contributed by atoms with E-state index >= 15 is 0 Å². The number of hydrogen-bond acceptors (Lipinski definition) is 2.